The van der Waals surface area contributed by atoms with Gasteiger partial charge in [-0.1, -0.05) is 30.3 Å². The molecule has 0 spiro atoms. The molecule has 2 aromatic heterocycles. The van der Waals surface area contributed by atoms with Gasteiger partial charge in [0.05, 0.1) is 12.5 Å². The van der Waals surface area contributed by atoms with Gasteiger partial charge in [0, 0.05) is 35.7 Å². The van der Waals surface area contributed by atoms with E-state index in [1.165, 1.54) is 0 Å². The van der Waals surface area contributed by atoms with E-state index >= 15 is 0 Å². The van der Waals surface area contributed by atoms with Gasteiger partial charge in [-0.2, -0.15) is 0 Å². The van der Waals surface area contributed by atoms with Gasteiger partial charge in [0.2, 0.25) is 0 Å². The molecule has 0 radical (unpaired) electrons. The maximum atomic E-state index is 10.9. The lowest BCUT2D eigenvalue weighted by molar-refractivity contribution is -0.136. The summed E-state index contributed by atoms with van der Waals surface area (Å²) in [5.74, 6) is 0.0108. The normalized spacial score (nSPS) is 13.2. The van der Waals surface area contributed by atoms with Crippen molar-refractivity contribution in [3.8, 4) is 5.82 Å². The van der Waals surface area contributed by atoms with Crippen molar-refractivity contribution in [2.24, 2.45) is 0 Å². The molecule has 0 fully saturated rings. The number of pyridine rings is 1. The molecule has 2 atom stereocenters. The molecule has 6 nitrogen and oxygen atoms in total. The number of carboxylic acid groups (broad SMARTS) is 1. The molecule has 0 saturated carbocycles. The number of hydrogen-bond donors (Lipinski definition) is 3. The Morgan fingerprint density at radius 2 is 1.80 bits per heavy atom. The maximum absolute atomic E-state index is 10.9. The predicted molar refractivity (Wildman–Crippen MR) is 117 cm³/mol. The van der Waals surface area contributed by atoms with E-state index in [2.05, 4.69) is 33.9 Å². The van der Waals surface area contributed by atoms with Crippen molar-refractivity contribution < 1.29 is 15.0 Å². The highest BCUT2D eigenvalue weighted by Crippen LogP contribution is 2.17. The van der Waals surface area contributed by atoms with Crippen molar-refractivity contribution in [1.82, 2.24) is 14.9 Å². The number of hydrogen-bond acceptors (Lipinski definition) is 4. The van der Waals surface area contributed by atoms with E-state index in [1.807, 2.05) is 50.2 Å². The zero-order chi connectivity index (χ0) is 21.7. The molecule has 30 heavy (non-hydrogen) atoms. The largest absolute Gasteiger partial charge is 0.481 e. The van der Waals surface area contributed by atoms with E-state index in [-0.39, 0.29) is 12.5 Å². The van der Waals surface area contributed by atoms with Gasteiger partial charge in [0.25, 0.3) is 0 Å². The Kier molecular flexibility index (Phi) is 7.03. The molecule has 3 N–H and O–H groups in total. The van der Waals surface area contributed by atoms with Gasteiger partial charge in [-0.25, -0.2) is 4.98 Å². The van der Waals surface area contributed by atoms with E-state index in [0.717, 1.165) is 40.3 Å². The van der Waals surface area contributed by atoms with Gasteiger partial charge in [-0.05, 0) is 56.5 Å². The van der Waals surface area contributed by atoms with Gasteiger partial charge < -0.3 is 20.1 Å². The van der Waals surface area contributed by atoms with Crippen molar-refractivity contribution in [3.63, 3.8) is 0 Å². The number of carbonyl (C=O) groups is 1. The van der Waals surface area contributed by atoms with Crippen molar-refractivity contribution in [2.45, 2.75) is 45.8 Å². The molecule has 0 saturated heterocycles. The lowest BCUT2D eigenvalue weighted by Crippen LogP contribution is -2.32. The van der Waals surface area contributed by atoms with Crippen LogP contribution in [0.1, 0.15) is 41.1 Å². The van der Waals surface area contributed by atoms with Gasteiger partial charge >= 0.3 is 5.97 Å². The summed E-state index contributed by atoms with van der Waals surface area (Å²) < 4.78 is 2.08. The van der Waals surface area contributed by atoms with E-state index in [4.69, 9.17) is 5.11 Å². The fourth-order valence-electron chi connectivity index (χ4n) is 3.65. The summed E-state index contributed by atoms with van der Waals surface area (Å²) in [6.07, 6.45) is 1.85. The monoisotopic (exact) mass is 407 g/mol. The Morgan fingerprint density at radius 3 is 2.43 bits per heavy atom. The average Bonchev–Trinajstić information content (AvgIpc) is 3.04. The number of aromatic nitrogens is 2. The van der Waals surface area contributed by atoms with Crippen molar-refractivity contribution in [3.05, 3.63) is 82.8 Å². The molecule has 0 aliphatic carbocycles. The Hall–Kier alpha value is -2.96. The zero-order valence-electron chi connectivity index (χ0n) is 17.7. The molecular formula is C24H29N3O3. The van der Waals surface area contributed by atoms with Crippen LogP contribution in [0.2, 0.25) is 0 Å². The molecule has 158 valence electrons. The van der Waals surface area contributed by atoms with Crippen LogP contribution >= 0.6 is 0 Å². The standard InChI is InChI=1S/C24H29N3O3/c1-16(11-19-5-4-6-20(12-19)13-24(29)30)25-15-22(28)21-9-10-23(26-14-21)27-17(2)7-8-18(27)3/h4-10,12,14,16,22,25,28H,11,13,15H2,1-3H3,(H,29,30)/t16-,22-/m1/s1. The number of nitrogens with zero attached hydrogens (tertiary/aromatic N) is 2. The Bertz CT molecular complexity index is 976. The zero-order valence-corrected chi connectivity index (χ0v) is 17.7. The summed E-state index contributed by atoms with van der Waals surface area (Å²) in [6, 6.07) is 15.7. The molecule has 0 unspecified atom stereocenters. The summed E-state index contributed by atoms with van der Waals surface area (Å²) >= 11 is 0. The molecule has 6 heteroatoms. The average molecular weight is 408 g/mol. The summed E-state index contributed by atoms with van der Waals surface area (Å²) in [5, 5.41) is 22.8. The SMILES string of the molecule is Cc1ccc(C)n1-c1ccc([C@H](O)CN[C@H](C)Cc2cccc(CC(=O)O)c2)cn1. The highest BCUT2D eigenvalue weighted by atomic mass is 16.4. The fraction of sp³-hybridized carbons (Fsp3) is 0.333. The maximum Gasteiger partial charge on any atom is 0.307 e. The van der Waals surface area contributed by atoms with Crippen LogP contribution in [0.25, 0.3) is 5.82 Å². The molecular weight excluding hydrogens is 378 g/mol. The van der Waals surface area contributed by atoms with Gasteiger partial charge in [-0.15, -0.1) is 0 Å². The molecule has 0 bridgehead atoms. The third-order valence-corrected chi connectivity index (χ3v) is 5.20. The first-order chi connectivity index (χ1) is 14.3. The van der Waals surface area contributed by atoms with E-state index in [9.17, 15) is 9.90 Å². The second kappa shape index (κ2) is 9.69. The number of rotatable bonds is 9. The second-order valence-electron chi connectivity index (χ2n) is 7.82. The highest BCUT2D eigenvalue weighted by molar-refractivity contribution is 5.70. The quantitative estimate of drug-likeness (QED) is 0.506. The molecule has 3 rings (SSSR count). The molecule has 2 heterocycles. The highest BCUT2D eigenvalue weighted by Gasteiger charge is 2.12. The Morgan fingerprint density at radius 1 is 1.10 bits per heavy atom. The third-order valence-electron chi connectivity index (χ3n) is 5.20. The molecule has 0 amide bonds. The van der Waals surface area contributed by atoms with Crippen LogP contribution in [0, 0.1) is 13.8 Å². The molecule has 1 aromatic carbocycles. The minimum absolute atomic E-state index is 0.0272. The number of aliphatic hydroxyl groups is 1. The minimum Gasteiger partial charge on any atom is -0.481 e. The van der Waals surface area contributed by atoms with Crippen molar-refractivity contribution in [1.29, 1.82) is 0 Å². The van der Waals surface area contributed by atoms with Gasteiger partial charge in [-0.3, -0.25) is 4.79 Å². The van der Waals surface area contributed by atoms with Gasteiger partial charge in [0.1, 0.15) is 5.82 Å². The summed E-state index contributed by atoms with van der Waals surface area (Å²) in [6.45, 7) is 6.55. The number of aliphatic hydroxyl groups excluding tert-OH is 1. The summed E-state index contributed by atoms with van der Waals surface area (Å²) in [4.78, 5) is 15.4. The first-order valence-electron chi connectivity index (χ1n) is 10.2. The van der Waals surface area contributed by atoms with Crippen LogP contribution in [0.5, 0.6) is 0 Å². The van der Waals surface area contributed by atoms with Crippen LogP contribution in [-0.2, 0) is 17.6 Å². The minimum atomic E-state index is -0.830. The van der Waals surface area contributed by atoms with Crippen LogP contribution < -0.4 is 5.32 Å². The Balaban J connectivity index is 1.55. The van der Waals surface area contributed by atoms with Gasteiger partial charge in [0.15, 0.2) is 0 Å². The molecule has 3 aromatic rings. The Labute approximate surface area is 177 Å². The van der Waals surface area contributed by atoms with E-state index in [0.29, 0.717) is 6.54 Å². The lowest BCUT2D eigenvalue weighted by atomic mass is 10.0. The van der Waals surface area contributed by atoms with Crippen LogP contribution in [-0.4, -0.2) is 38.3 Å². The lowest BCUT2D eigenvalue weighted by Gasteiger charge is -2.18. The van der Waals surface area contributed by atoms with Crippen molar-refractivity contribution >= 4 is 5.97 Å². The van der Waals surface area contributed by atoms with Crippen molar-refractivity contribution in [2.75, 3.05) is 6.54 Å². The first-order valence-corrected chi connectivity index (χ1v) is 10.2. The number of aryl methyl sites for hydroxylation is 2. The second-order valence-corrected chi connectivity index (χ2v) is 7.82. The van der Waals surface area contributed by atoms with E-state index < -0.39 is 12.1 Å². The molecule has 0 aliphatic heterocycles. The number of carboxylic acids is 1. The summed E-state index contributed by atoms with van der Waals surface area (Å²) in [5.41, 5.74) is 4.88. The third kappa shape index (κ3) is 5.55. The number of aliphatic carboxylic acids is 1. The molecule has 0 aliphatic rings. The summed E-state index contributed by atoms with van der Waals surface area (Å²) in [7, 11) is 0. The smallest absolute Gasteiger partial charge is 0.307 e. The number of benzene rings is 1. The first kappa shape index (κ1) is 21.7. The topological polar surface area (TPSA) is 87.4 Å². The van der Waals surface area contributed by atoms with E-state index in [1.54, 1.807) is 6.20 Å². The van der Waals surface area contributed by atoms with Crippen LogP contribution in [0.15, 0.2) is 54.7 Å². The van der Waals surface area contributed by atoms with Crippen LogP contribution in [0.4, 0.5) is 0 Å². The predicted octanol–water partition coefficient (Wildman–Crippen LogP) is 3.37. The number of nitrogens with one attached hydrogen (secondary N) is 1. The van der Waals surface area contributed by atoms with Crippen LogP contribution in [0.3, 0.4) is 0 Å². The fourth-order valence-corrected chi connectivity index (χ4v) is 3.65.